The SMILES string of the molecule is O=C(NNC(=S)NCCCc1ccccc1)[C@@H]1CCCN1C(=O)/C=C/c1ccco1. The van der Waals surface area contributed by atoms with Crippen LogP contribution in [0.3, 0.4) is 0 Å². The molecule has 0 unspecified atom stereocenters. The minimum absolute atomic E-state index is 0.217. The van der Waals surface area contributed by atoms with E-state index in [0.717, 1.165) is 19.3 Å². The lowest BCUT2D eigenvalue weighted by Crippen LogP contribution is -2.53. The van der Waals surface area contributed by atoms with Gasteiger partial charge in [0.05, 0.1) is 6.26 Å². The van der Waals surface area contributed by atoms with E-state index < -0.39 is 6.04 Å². The van der Waals surface area contributed by atoms with E-state index in [1.54, 1.807) is 29.4 Å². The molecule has 2 aromatic rings. The monoisotopic (exact) mass is 426 g/mol. The molecule has 158 valence electrons. The number of carbonyl (C=O) groups is 2. The smallest absolute Gasteiger partial charge is 0.261 e. The van der Waals surface area contributed by atoms with Gasteiger partial charge in [0.25, 0.3) is 5.91 Å². The average Bonchev–Trinajstić information content (AvgIpc) is 3.46. The number of hydrogen-bond donors (Lipinski definition) is 3. The Balaban J connectivity index is 1.37. The second-order valence-corrected chi connectivity index (χ2v) is 7.41. The predicted molar refractivity (Wildman–Crippen MR) is 119 cm³/mol. The van der Waals surface area contributed by atoms with Crippen LogP contribution >= 0.6 is 12.2 Å². The molecule has 0 bridgehead atoms. The fourth-order valence-electron chi connectivity index (χ4n) is 3.32. The maximum absolute atomic E-state index is 12.5. The molecule has 7 nitrogen and oxygen atoms in total. The van der Waals surface area contributed by atoms with E-state index in [1.807, 2.05) is 18.2 Å². The summed E-state index contributed by atoms with van der Waals surface area (Å²) in [6.07, 6.45) is 7.84. The molecule has 1 atom stereocenters. The molecule has 1 aliphatic heterocycles. The van der Waals surface area contributed by atoms with E-state index in [-0.39, 0.29) is 11.8 Å². The van der Waals surface area contributed by atoms with Gasteiger partial charge in [-0.15, -0.1) is 0 Å². The first-order chi connectivity index (χ1) is 14.6. The zero-order valence-corrected chi connectivity index (χ0v) is 17.5. The molecule has 0 spiro atoms. The number of carbonyl (C=O) groups excluding carboxylic acids is 2. The van der Waals surface area contributed by atoms with Gasteiger partial charge in [-0.05, 0) is 61.7 Å². The summed E-state index contributed by atoms with van der Waals surface area (Å²) in [7, 11) is 0. The number of thiocarbonyl (C=S) groups is 1. The summed E-state index contributed by atoms with van der Waals surface area (Å²) in [5, 5.41) is 3.42. The highest BCUT2D eigenvalue weighted by molar-refractivity contribution is 7.80. The fourth-order valence-corrected chi connectivity index (χ4v) is 3.48. The Kier molecular flexibility index (Phi) is 8.02. The molecule has 3 N–H and O–H groups in total. The number of hydrogen-bond acceptors (Lipinski definition) is 4. The summed E-state index contributed by atoms with van der Waals surface area (Å²) in [6, 6.07) is 13.2. The van der Waals surface area contributed by atoms with Gasteiger partial charge in [0, 0.05) is 19.2 Å². The third-order valence-corrected chi connectivity index (χ3v) is 5.09. The Labute approximate surface area is 181 Å². The van der Waals surface area contributed by atoms with Gasteiger partial charge >= 0.3 is 0 Å². The van der Waals surface area contributed by atoms with Crippen molar-refractivity contribution in [1.82, 2.24) is 21.1 Å². The normalized spacial score (nSPS) is 15.9. The summed E-state index contributed by atoms with van der Waals surface area (Å²) in [6.45, 7) is 1.24. The van der Waals surface area contributed by atoms with Crippen LogP contribution in [0.4, 0.5) is 0 Å². The molecule has 1 aromatic carbocycles. The van der Waals surface area contributed by atoms with E-state index in [1.165, 1.54) is 11.6 Å². The molecule has 1 aromatic heterocycles. The van der Waals surface area contributed by atoms with Crippen LogP contribution in [-0.4, -0.2) is 41.0 Å². The summed E-state index contributed by atoms with van der Waals surface area (Å²) in [4.78, 5) is 26.5. The van der Waals surface area contributed by atoms with Crippen molar-refractivity contribution in [3.05, 3.63) is 66.1 Å². The van der Waals surface area contributed by atoms with E-state index in [9.17, 15) is 9.59 Å². The largest absolute Gasteiger partial charge is 0.465 e. The molecule has 3 rings (SSSR count). The first-order valence-corrected chi connectivity index (χ1v) is 10.4. The third-order valence-electron chi connectivity index (χ3n) is 4.84. The van der Waals surface area contributed by atoms with Crippen molar-refractivity contribution in [2.24, 2.45) is 0 Å². The molecular weight excluding hydrogens is 400 g/mol. The molecule has 0 saturated carbocycles. The number of nitrogens with zero attached hydrogens (tertiary/aromatic N) is 1. The molecule has 8 heteroatoms. The fraction of sp³-hybridized carbons (Fsp3) is 0.318. The average molecular weight is 427 g/mol. The Bertz CT molecular complexity index is 868. The van der Waals surface area contributed by atoms with Crippen LogP contribution in [0, 0.1) is 0 Å². The lowest BCUT2D eigenvalue weighted by molar-refractivity contribution is -0.135. The van der Waals surface area contributed by atoms with Crippen LogP contribution in [0.25, 0.3) is 6.08 Å². The van der Waals surface area contributed by atoms with E-state index in [2.05, 4.69) is 28.3 Å². The Morgan fingerprint density at radius 2 is 2.00 bits per heavy atom. The lowest BCUT2D eigenvalue weighted by Gasteiger charge is -2.23. The maximum Gasteiger partial charge on any atom is 0.261 e. The van der Waals surface area contributed by atoms with Gasteiger partial charge in [0.2, 0.25) is 5.91 Å². The quantitative estimate of drug-likeness (QED) is 0.273. The zero-order chi connectivity index (χ0) is 21.2. The Hall–Kier alpha value is -3.13. The van der Waals surface area contributed by atoms with E-state index >= 15 is 0 Å². The Morgan fingerprint density at radius 1 is 1.17 bits per heavy atom. The van der Waals surface area contributed by atoms with Crippen LogP contribution in [-0.2, 0) is 16.0 Å². The van der Waals surface area contributed by atoms with Crippen molar-refractivity contribution in [2.45, 2.75) is 31.7 Å². The molecule has 1 saturated heterocycles. The highest BCUT2D eigenvalue weighted by atomic mass is 32.1. The third kappa shape index (κ3) is 6.45. The predicted octanol–water partition coefficient (Wildman–Crippen LogP) is 2.41. The summed E-state index contributed by atoms with van der Waals surface area (Å²) in [5.41, 5.74) is 6.61. The Morgan fingerprint density at radius 3 is 2.77 bits per heavy atom. The van der Waals surface area contributed by atoms with Gasteiger partial charge in [-0.2, -0.15) is 0 Å². The summed E-state index contributed by atoms with van der Waals surface area (Å²) >= 11 is 5.21. The molecule has 0 radical (unpaired) electrons. The number of aryl methyl sites for hydroxylation is 1. The van der Waals surface area contributed by atoms with Crippen molar-refractivity contribution in [2.75, 3.05) is 13.1 Å². The van der Waals surface area contributed by atoms with Gasteiger partial charge in [-0.1, -0.05) is 30.3 Å². The second-order valence-electron chi connectivity index (χ2n) is 7.00. The standard InChI is InChI=1S/C22H26N4O3S/c27-20(13-12-18-10-6-16-29-18)26-15-5-11-19(26)21(28)24-25-22(30)23-14-4-9-17-7-2-1-3-8-17/h1-3,6-8,10,12-13,16,19H,4-5,9,11,14-15H2,(H,24,28)(H2,23,25,30)/b13-12+/t19-/m0/s1. The lowest BCUT2D eigenvalue weighted by atomic mass is 10.1. The zero-order valence-electron chi connectivity index (χ0n) is 16.7. The minimum Gasteiger partial charge on any atom is -0.465 e. The number of benzene rings is 1. The molecule has 30 heavy (non-hydrogen) atoms. The number of likely N-dealkylation sites (tertiary alicyclic amines) is 1. The number of rotatable bonds is 7. The van der Waals surface area contributed by atoms with Crippen molar-refractivity contribution in [3.63, 3.8) is 0 Å². The second kappa shape index (κ2) is 11.2. The first-order valence-electron chi connectivity index (χ1n) is 10.0. The van der Waals surface area contributed by atoms with Crippen LogP contribution in [0.15, 0.2) is 59.2 Å². The molecule has 1 fully saturated rings. The van der Waals surface area contributed by atoms with E-state index in [4.69, 9.17) is 16.6 Å². The van der Waals surface area contributed by atoms with Crippen molar-refractivity contribution in [3.8, 4) is 0 Å². The van der Waals surface area contributed by atoms with Gasteiger partial charge in [-0.3, -0.25) is 20.4 Å². The number of hydrazine groups is 1. The highest BCUT2D eigenvalue weighted by Crippen LogP contribution is 2.18. The van der Waals surface area contributed by atoms with Gasteiger partial charge in [0.15, 0.2) is 5.11 Å². The summed E-state index contributed by atoms with van der Waals surface area (Å²) in [5.74, 6) is 0.0975. The van der Waals surface area contributed by atoms with Crippen molar-refractivity contribution >= 4 is 35.2 Å². The van der Waals surface area contributed by atoms with Crippen molar-refractivity contribution < 1.29 is 14.0 Å². The van der Waals surface area contributed by atoms with Gasteiger partial charge in [0.1, 0.15) is 11.8 Å². The number of furan rings is 1. The topological polar surface area (TPSA) is 86.6 Å². The summed E-state index contributed by atoms with van der Waals surface area (Å²) < 4.78 is 5.18. The molecule has 2 amide bonds. The van der Waals surface area contributed by atoms with Crippen LogP contribution in [0.1, 0.15) is 30.6 Å². The first kappa shape index (κ1) is 21.6. The van der Waals surface area contributed by atoms with E-state index in [0.29, 0.717) is 30.4 Å². The number of nitrogens with one attached hydrogen (secondary N) is 3. The minimum atomic E-state index is -0.521. The molecular formula is C22H26N4O3S. The van der Waals surface area contributed by atoms with Crippen LogP contribution in [0.2, 0.25) is 0 Å². The van der Waals surface area contributed by atoms with Crippen LogP contribution in [0.5, 0.6) is 0 Å². The van der Waals surface area contributed by atoms with Crippen LogP contribution < -0.4 is 16.2 Å². The molecule has 1 aliphatic rings. The number of amides is 2. The van der Waals surface area contributed by atoms with Gasteiger partial charge in [-0.25, -0.2) is 0 Å². The van der Waals surface area contributed by atoms with Crippen molar-refractivity contribution in [1.29, 1.82) is 0 Å². The molecule has 0 aliphatic carbocycles. The molecule has 2 heterocycles. The van der Waals surface area contributed by atoms with Gasteiger partial charge < -0.3 is 14.6 Å². The maximum atomic E-state index is 12.5. The highest BCUT2D eigenvalue weighted by Gasteiger charge is 2.33.